The summed E-state index contributed by atoms with van der Waals surface area (Å²) in [5.74, 6) is 0.840. The van der Waals surface area contributed by atoms with Gasteiger partial charge in [-0.05, 0) is 45.4 Å². The van der Waals surface area contributed by atoms with Crippen molar-refractivity contribution in [1.29, 1.82) is 0 Å². The first-order chi connectivity index (χ1) is 12.0. The molecule has 3 saturated heterocycles. The molecule has 0 aliphatic carbocycles. The van der Waals surface area contributed by atoms with E-state index in [1.54, 1.807) is 0 Å². The van der Waals surface area contributed by atoms with Crippen molar-refractivity contribution in [3.8, 4) is 0 Å². The number of carbonyl (C=O) groups is 2. The van der Waals surface area contributed by atoms with Crippen LogP contribution >= 0.6 is 24.0 Å². The molecule has 0 spiro atoms. The number of aliphatic imine (C=N–C) groups is 1. The highest BCUT2D eigenvalue weighted by Gasteiger charge is 2.48. The maximum atomic E-state index is 12.1. The zero-order chi connectivity index (χ0) is 17.9. The van der Waals surface area contributed by atoms with Gasteiger partial charge in [0, 0.05) is 26.2 Å². The van der Waals surface area contributed by atoms with E-state index in [0.717, 1.165) is 57.9 Å². The second kappa shape index (κ2) is 9.20. The van der Waals surface area contributed by atoms with Gasteiger partial charge in [0.1, 0.15) is 5.54 Å². The van der Waals surface area contributed by atoms with Gasteiger partial charge in [0.15, 0.2) is 5.96 Å². The molecule has 0 aromatic heterocycles. The molecule has 3 fully saturated rings. The summed E-state index contributed by atoms with van der Waals surface area (Å²) >= 11 is 0. The van der Waals surface area contributed by atoms with Crippen molar-refractivity contribution < 1.29 is 14.3 Å². The Morgan fingerprint density at radius 1 is 1.35 bits per heavy atom. The molecular weight excluding hydrogens is 449 g/mol. The van der Waals surface area contributed by atoms with E-state index in [-0.39, 0.29) is 47.9 Å². The van der Waals surface area contributed by atoms with Crippen molar-refractivity contribution in [2.45, 2.75) is 51.2 Å². The molecule has 0 radical (unpaired) electrons. The molecule has 8 nitrogen and oxygen atoms in total. The summed E-state index contributed by atoms with van der Waals surface area (Å²) in [5.41, 5.74) is -0.795. The molecule has 0 aromatic rings. The third-order valence-corrected chi connectivity index (χ3v) is 5.49. The molecule has 26 heavy (non-hydrogen) atoms. The summed E-state index contributed by atoms with van der Waals surface area (Å²) in [5, 5.41) is 8.52. The Hall–Kier alpha value is -1.10. The normalized spacial score (nSPS) is 30.0. The highest BCUT2D eigenvalue weighted by molar-refractivity contribution is 14.0. The minimum absolute atomic E-state index is 0. The summed E-state index contributed by atoms with van der Waals surface area (Å²) in [4.78, 5) is 30.6. The van der Waals surface area contributed by atoms with Crippen LogP contribution in [-0.2, 0) is 9.53 Å². The third-order valence-electron chi connectivity index (χ3n) is 5.49. The van der Waals surface area contributed by atoms with Crippen LogP contribution in [0.15, 0.2) is 4.99 Å². The predicted octanol–water partition coefficient (Wildman–Crippen LogP) is 1.06. The topological polar surface area (TPSA) is 95.1 Å². The molecule has 2 unspecified atom stereocenters. The fourth-order valence-electron chi connectivity index (χ4n) is 3.92. The second-order valence-corrected chi connectivity index (χ2v) is 7.20. The molecule has 3 rings (SSSR count). The maximum Gasteiger partial charge on any atom is 0.322 e. The summed E-state index contributed by atoms with van der Waals surface area (Å²) < 4.78 is 5.65. The summed E-state index contributed by atoms with van der Waals surface area (Å²) in [6.07, 6.45) is 4.12. The van der Waals surface area contributed by atoms with E-state index in [1.807, 2.05) is 6.92 Å². The van der Waals surface area contributed by atoms with Gasteiger partial charge < -0.3 is 20.3 Å². The quantitative estimate of drug-likeness (QED) is 0.243. The van der Waals surface area contributed by atoms with Gasteiger partial charge in [-0.1, -0.05) is 0 Å². The Kier molecular flexibility index (Phi) is 7.51. The number of ether oxygens (including phenoxy) is 1. The van der Waals surface area contributed by atoms with E-state index < -0.39 is 5.54 Å². The molecule has 3 aliphatic rings. The number of hydrogen-bond donors (Lipinski definition) is 3. The Balaban J connectivity index is 0.00000243. The molecule has 3 heterocycles. The zero-order valence-electron chi connectivity index (χ0n) is 15.5. The number of guanidine groups is 1. The lowest BCUT2D eigenvalue weighted by Gasteiger charge is -2.39. The van der Waals surface area contributed by atoms with E-state index in [1.165, 1.54) is 0 Å². The SMILES string of the molecule is CCNC(=NCC1CCCO1)N1CCC(C2(C)NC(=O)NC2=O)CC1.I. The van der Waals surface area contributed by atoms with E-state index in [9.17, 15) is 9.59 Å². The molecule has 3 N–H and O–H groups in total. The van der Waals surface area contributed by atoms with E-state index in [0.29, 0.717) is 6.54 Å². The largest absolute Gasteiger partial charge is 0.376 e. The highest BCUT2D eigenvalue weighted by Crippen LogP contribution is 2.30. The minimum Gasteiger partial charge on any atom is -0.376 e. The fraction of sp³-hybridized carbons (Fsp3) is 0.824. The van der Waals surface area contributed by atoms with Crippen LogP contribution in [0.3, 0.4) is 0 Å². The number of rotatable bonds is 4. The number of likely N-dealkylation sites (tertiary alicyclic amines) is 1. The van der Waals surface area contributed by atoms with E-state index in [4.69, 9.17) is 9.73 Å². The number of halogens is 1. The van der Waals surface area contributed by atoms with Gasteiger partial charge in [-0.15, -0.1) is 24.0 Å². The highest BCUT2D eigenvalue weighted by atomic mass is 127. The maximum absolute atomic E-state index is 12.1. The molecule has 2 atom stereocenters. The predicted molar refractivity (Wildman–Crippen MR) is 110 cm³/mol. The molecule has 0 aromatic carbocycles. The van der Waals surface area contributed by atoms with E-state index in [2.05, 4.69) is 27.8 Å². The Bertz CT molecular complexity index is 545. The average Bonchev–Trinajstić information content (AvgIpc) is 3.20. The molecule has 0 saturated carbocycles. The molecule has 0 bridgehead atoms. The van der Waals surface area contributed by atoms with Gasteiger partial charge in [0.2, 0.25) is 0 Å². The number of urea groups is 1. The second-order valence-electron chi connectivity index (χ2n) is 7.20. The third kappa shape index (κ3) is 4.59. The van der Waals surface area contributed by atoms with Crippen LogP contribution in [-0.4, -0.2) is 67.2 Å². The van der Waals surface area contributed by atoms with Crippen molar-refractivity contribution in [3.63, 3.8) is 0 Å². The van der Waals surface area contributed by atoms with Crippen LogP contribution in [0.4, 0.5) is 4.79 Å². The zero-order valence-corrected chi connectivity index (χ0v) is 17.9. The molecular formula is C17H30IN5O3. The van der Waals surface area contributed by atoms with Gasteiger partial charge in [0.05, 0.1) is 12.6 Å². The Morgan fingerprint density at radius 3 is 2.62 bits per heavy atom. The summed E-state index contributed by atoms with van der Waals surface area (Å²) in [7, 11) is 0. The van der Waals surface area contributed by atoms with Crippen molar-refractivity contribution in [1.82, 2.24) is 20.9 Å². The number of hydrogen-bond acceptors (Lipinski definition) is 4. The molecule has 3 amide bonds. The fourth-order valence-corrected chi connectivity index (χ4v) is 3.92. The number of nitrogens with zero attached hydrogens (tertiary/aromatic N) is 2. The van der Waals surface area contributed by atoms with Crippen molar-refractivity contribution in [3.05, 3.63) is 0 Å². The number of piperidine rings is 1. The smallest absolute Gasteiger partial charge is 0.322 e. The van der Waals surface area contributed by atoms with Gasteiger partial charge in [-0.3, -0.25) is 15.1 Å². The summed E-state index contributed by atoms with van der Waals surface area (Å²) in [6, 6.07) is -0.388. The van der Waals surface area contributed by atoms with Gasteiger partial charge in [-0.2, -0.15) is 0 Å². The lowest BCUT2D eigenvalue weighted by Crippen LogP contribution is -2.55. The van der Waals surface area contributed by atoms with Crippen molar-refractivity contribution in [2.75, 3.05) is 32.8 Å². The van der Waals surface area contributed by atoms with Crippen LogP contribution in [0, 0.1) is 5.92 Å². The molecule has 148 valence electrons. The van der Waals surface area contributed by atoms with Gasteiger partial charge >= 0.3 is 6.03 Å². The number of amides is 3. The number of nitrogens with one attached hydrogen (secondary N) is 3. The lowest BCUT2D eigenvalue weighted by atomic mass is 9.79. The molecule has 3 aliphatic heterocycles. The Morgan fingerprint density at radius 2 is 2.08 bits per heavy atom. The first kappa shape index (κ1) is 21.2. The molecule has 9 heteroatoms. The van der Waals surface area contributed by atoms with Crippen LogP contribution in [0.2, 0.25) is 0 Å². The average molecular weight is 479 g/mol. The van der Waals surface area contributed by atoms with Crippen molar-refractivity contribution >= 4 is 41.9 Å². The number of imide groups is 1. The monoisotopic (exact) mass is 479 g/mol. The van der Waals surface area contributed by atoms with Crippen LogP contribution in [0.1, 0.15) is 39.5 Å². The number of carbonyl (C=O) groups excluding carboxylic acids is 2. The minimum atomic E-state index is -0.795. The summed E-state index contributed by atoms with van der Waals surface area (Å²) in [6.45, 7) is 7.88. The first-order valence-electron chi connectivity index (χ1n) is 9.31. The van der Waals surface area contributed by atoms with Crippen molar-refractivity contribution in [2.24, 2.45) is 10.9 Å². The van der Waals surface area contributed by atoms with Gasteiger partial charge in [-0.25, -0.2) is 4.79 Å². The first-order valence-corrected chi connectivity index (χ1v) is 9.31. The van der Waals surface area contributed by atoms with Crippen LogP contribution < -0.4 is 16.0 Å². The standard InChI is InChI=1S/C17H29N5O3.HI/c1-3-18-15(19-11-13-5-4-10-25-13)22-8-6-12(7-9-22)17(2)14(23)20-16(24)21-17;/h12-13H,3-11H2,1-2H3,(H,18,19)(H2,20,21,23,24);1H. The van der Waals surface area contributed by atoms with Crippen LogP contribution in [0.5, 0.6) is 0 Å². The Labute approximate surface area is 171 Å². The van der Waals surface area contributed by atoms with Crippen LogP contribution in [0.25, 0.3) is 0 Å². The lowest BCUT2D eigenvalue weighted by molar-refractivity contribution is -0.125. The van der Waals surface area contributed by atoms with E-state index >= 15 is 0 Å². The van der Waals surface area contributed by atoms with Gasteiger partial charge in [0.25, 0.3) is 5.91 Å².